The van der Waals surface area contributed by atoms with Gasteiger partial charge >= 0.3 is 5.69 Å². The second-order valence-electron chi connectivity index (χ2n) is 7.19. The summed E-state index contributed by atoms with van der Waals surface area (Å²) in [6.45, 7) is 3.49. The Morgan fingerprint density at radius 3 is 2.70 bits per heavy atom. The predicted octanol–water partition coefficient (Wildman–Crippen LogP) is 1.45. The highest BCUT2D eigenvalue weighted by Gasteiger charge is 2.26. The summed E-state index contributed by atoms with van der Waals surface area (Å²) in [5.41, 5.74) is 1.85. The van der Waals surface area contributed by atoms with Crippen LogP contribution in [0.25, 0.3) is 17.2 Å². The number of anilines is 1. The Morgan fingerprint density at radius 2 is 1.97 bits per heavy atom. The van der Waals surface area contributed by atoms with Gasteiger partial charge in [0.05, 0.1) is 25.4 Å². The fourth-order valence-corrected chi connectivity index (χ4v) is 3.57. The molecule has 0 radical (unpaired) electrons. The van der Waals surface area contributed by atoms with Crippen LogP contribution in [0, 0.1) is 0 Å². The van der Waals surface area contributed by atoms with Crippen LogP contribution in [0.3, 0.4) is 0 Å². The van der Waals surface area contributed by atoms with Gasteiger partial charge in [0.1, 0.15) is 0 Å². The zero-order valence-corrected chi connectivity index (χ0v) is 17.3. The molecule has 9 nitrogen and oxygen atoms in total. The number of nitrogens with zero attached hydrogens (tertiary/aromatic N) is 6. The smallest absolute Gasteiger partial charge is 0.332 e. The Labute approximate surface area is 173 Å². The lowest BCUT2D eigenvalue weighted by molar-refractivity contribution is 0.205. The standard InChI is InChI=1S/C21H24N6O3/c1-15-14-26-17-18(22-20(26)27(23-15)12-13-30-3)24(2)21(29)25(19(17)28)11-7-10-16-8-5-4-6-9-16/h4-10H,11-14H2,1-3H3/b10-7+. The van der Waals surface area contributed by atoms with Gasteiger partial charge in [-0.05, 0) is 12.5 Å². The molecule has 3 aromatic rings. The molecule has 0 atom stereocenters. The van der Waals surface area contributed by atoms with E-state index >= 15 is 0 Å². The molecule has 1 aliphatic rings. The van der Waals surface area contributed by atoms with E-state index in [1.807, 2.05) is 54.0 Å². The number of aromatic nitrogens is 4. The molecule has 0 N–H and O–H groups in total. The summed E-state index contributed by atoms with van der Waals surface area (Å²) in [5, 5.41) is 6.24. The quantitative estimate of drug-likeness (QED) is 0.616. The summed E-state index contributed by atoms with van der Waals surface area (Å²) in [4.78, 5) is 30.7. The van der Waals surface area contributed by atoms with Crippen molar-refractivity contribution in [2.24, 2.45) is 12.1 Å². The van der Waals surface area contributed by atoms with Gasteiger partial charge in [-0.3, -0.25) is 18.5 Å². The van der Waals surface area contributed by atoms with Crippen molar-refractivity contribution in [2.45, 2.75) is 20.0 Å². The van der Waals surface area contributed by atoms with Crippen LogP contribution < -0.4 is 16.3 Å². The molecule has 2 aromatic heterocycles. The Balaban J connectivity index is 1.79. The molecule has 30 heavy (non-hydrogen) atoms. The highest BCUT2D eigenvalue weighted by Crippen LogP contribution is 2.23. The van der Waals surface area contributed by atoms with Crippen LogP contribution >= 0.6 is 0 Å². The van der Waals surface area contributed by atoms with Crippen LogP contribution in [-0.4, -0.2) is 44.7 Å². The van der Waals surface area contributed by atoms with Crippen LogP contribution in [0.5, 0.6) is 0 Å². The third-order valence-corrected chi connectivity index (χ3v) is 5.03. The van der Waals surface area contributed by atoms with Crippen molar-refractivity contribution >= 4 is 28.9 Å². The molecule has 0 fully saturated rings. The molecule has 0 bridgehead atoms. The van der Waals surface area contributed by atoms with Gasteiger partial charge < -0.3 is 4.74 Å². The van der Waals surface area contributed by atoms with E-state index in [-0.39, 0.29) is 12.1 Å². The summed E-state index contributed by atoms with van der Waals surface area (Å²) in [6.07, 6.45) is 3.71. The number of imidazole rings is 1. The molecule has 0 amide bonds. The average molecular weight is 408 g/mol. The van der Waals surface area contributed by atoms with Gasteiger partial charge in [0, 0.05) is 20.7 Å². The molecule has 1 aliphatic heterocycles. The van der Waals surface area contributed by atoms with E-state index < -0.39 is 5.69 Å². The molecule has 1 aromatic carbocycles. The van der Waals surface area contributed by atoms with Crippen molar-refractivity contribution in [3.05, 3.63) is 62.8 Å². The summed E-state index contributed by atoms with van der Waals surface area (Å²) in [7, 11) is 3.25. The van der Waals surface area contributed by atoms with Gasteiger partial charge in [-0.15, -0.1) is 0 Å². The zero-order valence-electron chi connectivity index (χ0n) is 17.3. The molecule has 0 saturated carbocycles. The molecule has 0 aliphatic carbocycles. The lowest BCUT2D eigenvalue weighted by atomic mass is 10.2. The number of rotatable bonds is 6. The number of allylic oxidation sites excluding steroid dienone is 1. The number of hydrogen-bond donors (Lipinski definition) is 0. The van der Waals surface area contributed by atoms with E-state index in [0.717, 1.165) is 11.3 Å². The molecule has 0 spiro atoms. The number of fused-ring (bicyclic) bond motifs is 3. The fraction of sp³-hybridized carbons (Fsp3) is 0.333. The minimum Gasteiger partial charge on any atom is -0.383 e. The number of hydrogen-bond acceptors (Lipinski definition) is 6. The fourth-order valence-electron chi connectivity index (χ4n) is 3.57. The van der Waals surface area contributed by atoms with E-state index in [2.05, 4.69) is 10.1 Å². The van der Waals surface area contributed by atoms with E-state index in [1.54, 1.807) is 19.2 Å². The molecule has 4 rings (SSSR count). The van der Waals surface area contributed by atoms with Crippen LogP contribution in [0.4, 0.5) is 5.95 Å². The maximum atomic E-state index is 13.3. The summed E-state index contributed by atoms with van der Waals surface area (Å²) in [5.74, 6) is 0.539. The second-order valence-corrected chi connectivity index (χ2v) is 7.19. The molecular weight excluding hydrogens is 384 g/mol. The highest BCUT2D eigenvalue weighted by molar-refractivity contribution is 5.87. The SMILES string of the molecule is COCCN1N=C(C)Cn2c1nc1c2c(=O)n(C/C=C/c2ccccc2)c(=O)n1C. The van der Waals surface area contributed by atoms with Gasteiger partial charge in [-0.1, -0.05) is 42.5 Å². The van der Waals surface area contributed by atoms with E-state index in [4.69, 9.17) is 4.74 Å². The monoisotopic (exact) mass is 408 g/mol. The molecule has 156 valence electrons. The van der Waals surface area contributed by atoms with Crippen LogP contribution in [0.2, 0.25) is 0 Å². The Morgan fingerprint density at radius 1 is 1.20 bits per heavy atom. The third kappa shape index (κ3) is 3.48. The lowest BCUT2D eigenvalue weighted by Crippen LogP contribution is -2.39. The predicted molar refractivity (Wildman–Crippen MR) is 117 cm³/mol. The van der Waals surface area contributed by atoms with E-state index in [0.29, 0.717) is 36.8 Å². The number of aryl methyl sites for hydroxylation is 1. The normalized spacial score (nSPS) is 13.8. The van der Waals surface area contributed by atoms with Crippen molar-refractivity contribution in [3.8, 4) is 0 Å². The van der Waals surface area contributed by atoms with Crippen LogP contribution in [0.1, 0.15) is 12.5 Å². The van der Waals surface area contributed by atoms with Crippen molar-refractivity contribution in [3.63, 3.8) is 0 Å². The summed E-state index contributed by atoms with van der Waals surface area (Å²) in [6, 6.07) is 9.74. The maximum absolute atomic E-state index is 13.3. The molecular formula is C21H24N6O3. The first-order valence-electron chi connectivity index (χ1n) is 9.73. The highest BCUT2D eigenvalue weighted by atomic mass is 16.5. The minimum absolute atomic E-state index is 0.178. The van der Waals surface area contributed by atoms with Gasteiger partial charge in [0.25, 0.3) is 5.56 Å². The first kappa shape index (κ1) is 19.8. The minimum atomic E-state index is -0.401. The number of methoxy groups -OCH3 is 1. The molecule has 0 saturated heterocycles. The van der Waals surface area contributed by atoms with E-state index in [1.165, 1.54) is 9.13 Å². The van der Waals surface area contributed by atoms with Crippen molar-refractivity contribution in [1.82, 2.24) is 18.7 Å². The van der Waals surface area contributed by atoms with Gasteiger partial charge in [-0.2, -0.15) is 10.1 Å². The van der Waals surface area contributed by atoms with Gasteiger partial charge in [0.15, 0.2) is 11.2 Å². The Hall–Kier alpha value is -3.46. The van der Waals surface area contributed by atoms with Crippen molar-refractivity contribution in [2.75, 3.05) is 25.3 Å². The largest absolute Gasteiger partial charge is 0.383 e. The summed E-state index contributed by atoms with van der Waals surface area (Å²) < 4.78 is 9.64. The number of hydrazone groups is 1. The Bertz CT molecular complexity index is 1250. The Kier molecular flexibility index (Phi) is 5.37. The number of ether oxygens (including phenoxy) is 1. The average Bonchev–Trinajstić information content (AvgIpc) is 3.13. The zero-order chi connectivity index (χ0) is 21.3. The molecule has 9 heteroatoms. The van der Waals surface area contributed by atoms with Crippen molar-refractivity contribution < 1.29 is 4.74 Å². The lowest BCUT2D eigenvalue weighted by Gasteiger charge is -2.24. The van der Waals surface area contributed by atoms with Gasteiger partial charge in [0.2, 0.25) is 5.95 Å². The van der Waals surface area contributed by atoms with Gasteiger partial charge in [-0.25, -0.2) is 9.80 Å². The first-order valence-corrected chi connectivity index (χ1v) is 9.73. The maximum Gasteiger partial charge on any atom is 0.332 e. The first-order chi connectivity index (χ1) is 14.5. The summed E-state index contributed by atoms with van der Waals surface area (Å²) >= 11 is 0. The second kappa shape index (κ2) is 8.11. The molecule has 3 heterocycles. The number of benzene rings is 1. The topological polar surface area (TPSA) is 86.7 Å². The molecule has 0 unspecified atom stereocenters. The van der Waals surface area contributed by atoms with E-state index in [9.17, 15) is 9.59 Å². The van der Waals surface area contributed by atoms with Crippen LogP contribution in [0.15, 0.2) is 51.1 Å². The third-order valence-electron chi connectivity index (χ3n) is 5.03. The van der Waals surface area contributed by atoms with Crippen molar-refractivity contribution in [1.29, 1.82) is 0 Å². The van der Waals surface area contributed by atoms with Crippen LogP contribution in [-0.2, 0) is 24.9 Å².